The van der Waals surface area contributed by atoms with Crippen LogP contribution in [0.15, 0.2) is 18.2 Å². The molecular formula is C7H4ClF3OZn. The number of alkyl halides is 2. The molecule has 1 aromatic carbocycles. The Bertz CT molecular complexity index is 247. The second-order valence-corrected chi connectivity index (χ2v) is 1.75. The molecule has 6 heteroatoms. The van der Waals surface area contributed by atoms with Crippen molar-refractivity contribution in [1.82, 2.24) is 0 Å². The fourth-order valence-electron chi connectivity index (χ4n) is 0.594. The van der Waals surface area contributed by atoms with Gasteiger partial charge in [-0.05, 0) is 0 Å². The first-order chi connectivity index (χ1) is 6.18. The summed E-state index contributed by atoms with van der Waals surface area (Å²) in [6, 6.07) is 5.37. The minimum absolute atomic E-state index is 0.198. The molecule has 0 amide bonds. The Morgan fingerprint density at radius 1 is 1.46 bits per heavy atom. The zero-order chi connectivity index (χ0) is 10.3. The van der Waals surface area contributed by atoms with E-state index < -0.39 is 12.4 Å². The van der Waals surface area contributed by atoms with Crippen LogP contribution in [0.4, 0.5) is 13.2 Å². The number of hydrogen-bond acceptors (Lipinski definition) is 1. The third-order valence-electron chi connectivity index (χ3n) is 0.963. The van der Waals surface area contributed by atoms with Gasteiger partial charge in [0.2, 0.25) is 0 Å². The number of benzene rings is 1. The molecule has 0 aliphatic heterocycles. The van der Waals surface area contributed by atoms with E-state index in [2.05, 4.69) is 10.8 Å². The average Bonchev–Trinajstić information content (AvgIpc) is 2.06. The summed E-state index contributed by atoms with van der Waals surface area (Å²) in [5.41, 5.74) is 0. The molecule has 0 aliphatic carbocycles. The Morgan fingerprint density at radius 2 is 2.08 bits per heavy atom. The summed E-state index contributed by atoms with van der Waals surface area (Å²) in [5, 5.41) is 0. The maximum absolute atomic E-state index is 12.2. The van der Waals surface area contributed by atoms with E-state index in [0.717, 1.165) is 23.4 Å². The summed E-state index contributed by atoms with van der Waals surface area (Å²) in [7, 11) is 4.76. The first-order valence-corrected chi connectivity index (χ1v) is 6.97. The molecule has 1 aromatic rings. The molecule has 0 bridgehead atoms. The first kappa shape index (κ1) is 12.7. The Labute approximate surface area is 87.6 Å². The van der Waals surface area contributed by atoms with Crippen LogP contribution in [0.5, 0.6) is 5.75 Å². The van der Waals surface area contributed by atoms with Gasteiger partial charge in [-0.15, -0.1) is 12.1 Å². The first-order valence-electron chi connectivity index (χ1n) is 3.07. The quantitative estimate of drug-likeness (QED) is 0.588. The fraction of sp³-hybridized carbons (Fsp3) is 0.143. The maximum atomic E-state index is 12.2. The Kier molecular flexibility index (Phi) is 7.01. The number of rotatable bonds is 2. The standard InChI is InChI=1S/C7H4F3O.ClH.Zn/c8-5-2-1-3-6(4-5)11-7(9)10;;/h1,3-4,7H;1H;/q-1;;+2/p-1. The average molecular weight is 262 g/mol. The summed E-state index contributed by atoms with van der Waals surface area (Å²) >= 11 is 0.847. The van der Waals surface area contributed by atoms with Crippen LogP contribution in [0.3, 0.4) is 0 Å². The third-order valence-corrected chi connectivity index (χ3v) is 0.963. The van der Waals surface area contributed by atoms with Gasteiger partial charge in [-0.25, -0.2) is 4.39 Å². The van der Waals surface area contributed by atoms with Crippen molar-refractivity contribution in [3.63, 3.8) is 0 Å². The predicted molar refractivity (Wildman–Crippen MR) is 37.7 cm³/mol. The topological polar surface area (TPSA) is 9.23 Å². The molecule has 1 rings (SSSR count). The van der Waals surface area contributed by atoms with Gasteiger partial charge in [0.25, 0.3) is 0 Å². The van der Waals surface area contributed by atoms with E-state index in [1.54, 1.807) is 0 Å². The zero-order valence-corrected chi connectivity index (χ0v) is 10.2. The van der Waals surface area contributed by atoms with Crippen molar-refractivity contribution in [3.05, 3.63) is 30.1 Å². The van der Waals surface area contributed by atoms with Crippen LogP contribution in [-0.2, 0) is 17.3 Å². The predicted octanol–water partition coefficient (Wildman–Crippen LogP) is 2.91. The van der Waals surface area contributed by atoms with Crippen LogP contribution in [-0.4, -0.2) is 6.61 Å². The molecule has 13 heavy (non-hydrogen) atoms. The summed E-state index contributed by atoms with van der Waals surface area (Å²) in [6.07, 6.45) is 0. The molecular weight excluding hydrogens is 258 g/mol. The van der Waals surface area contributed by atoms with E-state index in [1.165, 1.54) is 12.1 Å². The van der Waals surface area contributed by atoms with Crippen LogP contribution < -0.4 is 4.74 Å². The molecule has 0 aliphatic rings. The summed E-state index contributed by atoms with van der Waals surface area (Å²) in [6.45, 7) is -2.92. The van der Waals surface area contributed by atoms with Crippen molar-refractivity contribution in [1.29, 1.82) is 0 Å². The SMILES string of the molecule is Fc1[c-]ccc(OC(F)F)c1.[Cl][Zn+]. The van der Waals surface area contributed by atoms with Crippen LogP contribution >= 0.6 is 9.69 Å². The van der Waals surface area contributed by atoms with Crippen molar-refractivity contribution >= 4 is 9.69 Å². The van der Waals surface area contributed by atoms with E-state index in [4.69, 9.17) is 9.69 Å². The van der Waals surface area contributed by atoms with Crippen LogP contribution in [0.25, 0.3) is 0 Å². The Balaban J connectivity index is 0.000000671. The van der Waals surface area contributed by atoms with Crippen molar-refractivity contribution in [2.75, 3.05) is 0 Å². The molecule has 0 unspecified atom stereocenters. The van der Waals surface area contributed by atoms with E-state index >= 15 is 0 Å². The van der Waals surface area contributed by atoms with Gasteiger partial charge < -0.3 is 4.74 Å². The van der Waals surface area contributed by atoms with Crippen LogP contribution in [0, 0.1) is 11.9 Å². The van der Waals surface area contributed by atoms with E-state index in [-0.39, 0.29) is 5.75 Å². The van der Waals surface area contributed by atoms with Crippen molar-refractivity contribution in [2.45, 2.75) is 6.61 Å². The van der Waals surface area contributed by atoms with Crippen LogP contribution in [0.2, 0.25) is 0 Å². The molecule has 0 spiro atoms. The molecule has 0 saturated heterocycles. The van der Waals surface area contributed by atoms with Crippen molar-refractivity contribution in [3.8, 4) is 5.75 Å². The summed E-state index contributed by atoms with van der Waals surface area (Å²) in [5.74, 6) is -0.917. The van der Waals surface area contributed by atoms with Gasteiger partial charge in [0.1, 0.15) is 0 Å². The Hall–Kier alpha value is -0.277. The number of halogens is 4. The van der Waals surface area contributed by atoms with Crippen molar-refractivity contribution < 1.29 is 35.2 Å². The fourth-order valence-corrected chi connectivity index (χ4v) is 0.594. The third kappa shape index (κ3) is 5.89. The van der Waals surface area contributed by atoms with Crippen molar-refractivity contribution in [2.24, 2.45) is 0 Å². The molecule has 0 saturated carbocycles. The number of hydrogen-bond donors (Lipinski definition) is 0. The zero-order valence-electron chi connectivity index (χ0n) is 6.44. The molecule has 0 fully saturated rings. The molecule has 0 aromatic heterocycles. The second kappa shape index (κ2) is 7.16. The molecule has 0 N–H and O–H groups in total. The monoisotopic (exact) mass is 260 g/mol. The van der Waals surface area contributed by atoms with Gasteiger partial charge in [0, 0.05) is 11.6 Å². The summed E-state index contributed by atoms with van der Waals surface area (Å²) < 4.78 is 39.1. The van der Waals surface area contributed by atoms with Gasteiger partial charge in [-0.3, -0.25) is 0 Å². The molecule has 1 nitrogen and oxygen atoms in total. The van der Waals surface area contributed by atoms with Gasteiger partial charge >= 0.3 is 33.6 Å². The minimum atomic E-state index is -2.92. The van der Waals surface area contributed by atoms with Gasteiger partial charge in [0.05, 0.1) is 0 Å². The number of ether oxygens (including phenoxy) is 1. The molecule has 0 atom stereocenters. The molecule has 68 valence electrons. The van der Waals surface area contributed by atoms with Gasteiger partial charge in [0.15, 0.2) is 0 Å². The molecule has 0 heterocycles. The van der Waals surface area contributed by atoms with E-state index in [1.807, 2.05) is 0 Å². The van der Waals surface area contributed by atoms with Gasteiger partial charge in [-0.1, -0.05) is 6.07 Å². The van der Waals surface area contributed by atoms with Crippen LogP contribution in [0.1, 0.15) is 0 Å². The summed E-state index contributed by atoms with van der Waals surface area (Å²) in [4.78, 5) is 0. The van der Waals surface area contributed by atoms with Gasteiger partial charge in [-0.2, -0.15) is 14.8 Å². The normalized spacial score (nSPS) is 9.15. The second-order valence-electron chi connectivity index (χ2n) is 1.75. The van der Waals surface area contributed by atoms with E-state index in [9.17, 15) is 13.2 Å². The molecule has 0 radical (unpaired) electrons. The van der Waals surface area contributed by atoms with E-state index in [0.29, 0.717) is 0 Å². The Morgan fingerprint density at radius 3 is 2.54 bits per heavy atom.